The third-order valence-electron chi connectivity index (χ3n) is 2.35. The summed E-state index contributed by atoms with van der Waals surface area (Å²) in [7, 11) is 0. The van der Waals surface area contributed by atoms with Gasteiger partial charge in [0, 0.05) is 24.6 Å². The van der Waals surface area contributed by atoms with E-state index >= 15 is 0 Å². The molecule has 2 aromatic heterocycles. The molecule has 0 saturated carbocycles. The van der Waals surface area contributed by atoms with E-state index in [9.17, 15) is 0 Å². The monoisotopic (exact) mass is 202 g/mol. The maximum atomic E-state index is 5.59. The molecule has 2 N–H and O–H groups in total. The molecule has 0 bridgehead atoms. The molecule has 0 aromatic carbocycles. The molecule has 2 heterocycles. The maximum absolute atomic E-state index is 5.59. The lowest BCUT2D eigenvalue weighted by Crippen LogP contribution is -2.05. The van der Waals surface area contributed by atoms with Crippen LogP contribution in [0, 0.1) is 0 Å². The second-order valence-corrected chi connectivity index (χ2v) is 3.31. The Balaban J connectivity index is 2.44. The van der Waals surface area contributed by atoms with Crippen LogP contribution in [-0.2, 0) is 13.0 Å². The predicted octanol–water partition coefficient (Wildman–Crippen LogP) is 1.29. The SMILES string of the molecule is CCc1ccnn1-c1cc(CN)ccn1. The molecule has 0 unspecified atom stereocenters. The first kappa shape index (κ1) is 9.86. The molecule has 0 spiro atoms. The van der Waals surface area contributed by atoms with Gasteiger partial charge in [-0.1, -0.05) is 6.92 Å². The number of nitrogens with zero attached hydrogens (tertiary/aromatic N) is 3. The quantitative estimate of drug-likeness (QED) is 0.815. The van der Waals surface area contributed by atoms with Crippen molar-refractivity contribution in [3.05, 3.63) is 41.9 Å². The second kappa shape index (κ2) is 4.23. The number of pyridine rings is 1. The lowest BCUT2D eigenvalue weighted by molar-refractivity contribution is 0.786. The summed E-state index contributed by atoms with van der Waals surface area (Å²) in [6.45, 7) is 2.62. The van der Waals surface area contributed by atoms with Crippen LogP contribution in [0.25, 0.3) is 5.82 Å². The summed E-state index contributed by atoms with van der Waals surface area (Å²) in [6, 6.07) is 5.88. The lowest BCUT2D eigenvalue weighted by atomic mass is 10.2. The molecule has 0 aliphatic rings. The highest BCUT2D eigenvalue weighted by atomic mass is 15.3. The Morgan fingerprint density at radius 3 is 2.93 bits per heavy atom. The van der Waals surface area contributed by atoms with E-state index in [1.807, 2.05) is 22.9 Å². The number of aryl methyl sites for hydroxylation is 1. The fourth-order valence-electron chi connectivity index (χ4n) is 1.51. The highest BCUT2D eigenvalue weighted by molar-refractivity contribution is 5.28. The van der Waals surface area contributed by atoms with Gasteiger partial charge in [0.15, 0.2) is 5.82 Å². The van der Waals surface area contributed by atoms with Gasteiger partial charge in [-0.3, -0.25) is 0 Å². The molecule has 2 rings (SSSR count). The summed E-state index contributed by atoms with van der Waals surface area (Å²) >= 11 is 0. The van der Waals surface area contributed by atoms with Crippen LogP contribution in [0.5, 0.6) is 0 Å². The fourth-order valence-corrected chi connectivity index (χ4v) is 1.51. The highest BCUT2D eigenvalue weighted by Gasteiger charge is 2.04. The first-order valence-electron chi connectivity index (χ1n) is 5.03. The third kappa shape index (κ3) is 1.89. The zero-order valence-electron chi connectivity index (χ0n) is 8.72. The summed E-state index contributed by atoms with van der Waals surface area (Å²) < 4.78 is 1.85. The number of aromatic nitrogens is 3. The summed E-state index contributed by atoms with van der Waals surface area (Å²) in [6.07, 6.45) is 4.49. The third-order valence-corrected chi connectivity index (χ3v) is 2.35. The lowest BCUT2D eigenvalue weighted by Gasteiger charge is -2.05. The van der Waals surface area contributed by atoms with E-state index < -0.39 is 0 Å². The van der Waals surface area contributed by atoms with Gasteiger partial charge in [-0.25, -0.2) is 9.67 Å². The molecule has 78 valence electrons. The van der Waals surface area contributed by atoms with Crippen molar-refractivity contribution in [2.24, 2.45) is 5.73 Å². The van der Waals surface area contributed by atoms with Crippen molar-refractivity contribution in [2.45, 2.75) is 19.9 Å². The van der Waals surface area contributed by atoms with Gasteiger partial charge < -0.3 is 5.73 Å². The molecule has 0 aliphatic heterocycles. The summed E-state index contributed by atoms with van der Waals surface area (Å²) in [5.74, 6) is 0.833. The normalized spacial score (nSPS) is 10.5. The van der Waals surface area contributed by atoms with Crippen LogP contribution in [-0.4, -0.2) is 14.8 Å². The molecule has 4 nitrogen and oxygen atoms in total. The Hall–Kier alpha value is -1.68. The zero-order chi connectivity index (χ0) is 10.7. The van der Waals surface area contributed by atoms with Crippen LogP contribution >= 0.6 is 0 Å². The first-order chi connectivity index (χ1) is 7.35. The molecule has 2 aromatic rings. The largest absolute Gasteiger partial charge is 0.326 e. The van der Waals surface area contributed by atoms with Crippen LogP contribution in [0.15, 0.2) is 30.6 Å². The number of nitrogens with two attached hydrogens (primary N) is 1. The average molecular weight is 202 g/mol. The summed E-state index contributed by atoms with van der Waals surface area (Å²) in [4.78, 5) is 4.28. The van der Waals surface area contributed by atoms with Crippen molar-refractivity contribution in [3.63, 3.8) is 0 Å². The minimum Gasteiger partial charge on any atom is -0.326 e. The Labute approximate surface area is 88.8 Å². The number of rotatable bonds is 3. The Bertz CT molecular complexity index is 447. The van der Waals surface area contributed by atoms with Crippen LogP contribution in [0.2, 0.25) is 0 Å². The summed E-state index contributed by atoms with van der Waals surface area (Å²) in [5, 5.41) is 4.25. The van der Waals surface area contributed by atoms with Crippen molar-refractivity contribution in [2.75, 3.05) is 0 Å². The van der Waals surface area contributed by atoms with E-state index in [4.69, 9.17) is 5.73 Å². The van der Waals surface area contributed by atoms with Gasteiger partial charge in [0.25, 0.3) is 0 Å². The number of hydrogen-bond acceptors (Lipinski definition) is 3. The fraction of sp³-hybridized carbons (Fsp3) is 0.273. The zero-order valence-corrected chi connectivity index (χ0v) is 8.72. The molecule has 0 amide bonds. The van der Waals surface area contributed by atoms with E-state index in [-0.39, 0.29) is 0 Å². The Kier molecular flexibility index (Phi) is 2.78. The van der Waals surface area contributed by atoms with E-state index in [1.54, 1.807) is 12.4 Å². The molecule has 0 aliphatic carbocycles. The predicted molar refractivity (Wildman–Crippen MR) is 58.6 cm³/mol. The van der Waals surface area contributed by atoms with Crippen LogP contribution in [0.3, 0.4) is 0 Å². The molecule has 15 heavy (non-hydrogen) atoms. The van der Waals surface area contributed by atoms with E-state index in [1.165, 1.54) is 0 Å². The molecule has 0 atom stereocenters. The van der Waals surface area contributed by atoms with Crippen molar-refractivity contribution in [1.82, 2.24) is 14.8 Å². The molecular weight excluding hydrogens is 188 g/mol. The first-order valence-corrected chi connectivity index (χ1v) is 5.03. The number of hydrogen-bond donors (Lipinski definition) is 1. The van der Waals surface area contributed by atoms with Gasteiger partial charge in [-0.05, 0) is 30.2 Å². The topological polar surface area (TPSA) is 56.7 Å². The van der Waals surface area contributed by atoms with Crippen molar-refractivity contribution in [3.8, 4) is 5.82 Å². The minimum absolute atomic E-state index is 0.526. The van der Waals surface area contributed by atoms with Gasteiger partial charge in [0.1, 0.15) is 0 Å². The van der Waals surface area contributed by atoms with Crippen LogP contribution in [0.1, 0.15) is 18.2 Å². The van der Waals surface area contributed by atoms with Gasteiger partial charge in [0.05, 0.1) is 0 Å². The average Bonchev–Trinajstić information content (AvgIpc) is 2.77. The maximum Gasteiger partial charge on any atom is 0.153 e. The van der Waals surface area contributed by atoms with Crippen LogP contribution < -0.4 is 5.73 Å². The van der Waals surface area contributed by atoms with Gasteiger partial charge in [-0.2, -0.15) is 5.10 Å². The van der Waals surface area contributed by atoms with Gasteiger partial charge in [-0.15, -0.1) is 0 Å². The molecule has 4 heteroatoms. The smallest absolute Gasteiger partial charge is 0.153 e. The highest BCUT2D eigenvalue weighted by Crippen LogP contribution is 2.09. The Morgan fingerprint density at radius 1 is 1.33 bits per heavy atom. The summed E-state index contributed by atoms with van der Waals surface area (Å²) in [5.41, 5.74) is 7.80. The van der Waals surface area contributed by atoms with E-state index in [0.717, 1.165) is 23.5 Å². The Morgan fingerprint density at radius 2 is 2.20 bits per heavy atom. The van der Waals surface area contributed by atoms with Crippen molar-refractivity contribution in [1.29, 1.82) is 0 Å². The molecule has 0 radical (unpaired) electrons. The van der Waals surface area contributed by atoms with E-state index in [0.29, 0.717) is 6.54 Å². The van der Waals surface area contributed by atoms with Gasteiger partial charge in [0.2, 0.25) is 0 Å². The van der Waals surface area contributed by atoms with E-state index in [2.05, 4.69) is 17.0 Å². The molecule has 0 fully saturated rings. The molecular formula is C11H14N4. The van der Waals surface area contributed by atoms with Crippen LogP contribution in [0.4, 0.5) is 0 Å². The van der Waals surface area contributed by atoms with Crippen molar-refractivity contribution >= 4 is 0 Å². The van der Waals surface area contributed by atoms with Gasteiger partial charge >= 0.3 is 0 Å². The van der Waals surface area contributed by atoms with Crippen molar-refractivity contribution < 1.29 is 0 Å². The minimum atomic E-state index is 0.526. The standard InChI is InChI=1S/C11H14N4/c1-2-10-4-6-14-15(10)11-7-9(8-12)3-5-13-11/h3-7H,2,8,12H2,1H3. The second-order valence-electron chi connectivity index (χ2n) is 3.31. The molecule has 0 saturated heterocycles.